The molecule has 0 atom stereocenters. The molecule has 0 saturated heterocycles. The smallest absolute Gasteiger partial charge is 0.285 e. The van der Waals surface area contributed by atoms with Gasteiger partial charge in [-0.25, -0.2) is 8.42 Å². The number of hydrogen-bond acceptors (Lipinski definition) is 6. The number of fused-ring (bicyclic) bond motifs is 1. The predicted octanol–water partition coefficient (Wildman–Crippen LogP) is 4.19. The Morgan fingerprint density at radius 3 is 2.48 bits per heavy atom. The zero-order valence-corrected chi connectivity index (χ0v) is 19.6. The lowest BCUT2D eigenvalue weighted by Crippen LogP contribution is -2.19. The molecular formula is C20H14Cl2N4O5S2. The summed E-state index contributed by atoms with van der Waals surface area (Å²) in [6.07, 6.45) is 1.01. The SMILES string of the molecule is O=C(Nc1ccc(Cl)c(Cl)c1)c1ccccc1NS(=O)(=O)c1ccc2c(c1)S(=O)(=O)N=CN2. The number of nitrogens with one attached hydrogen (secondary N) is 3. The van der Waals surface area contributed by atoms with E-state index in [0.717, 1.165) is 12.4 Å². The normalized spacial score (nSPS) is 14.1. The van der Waals surface area contributed by atoms with Crippen molar-refractivity contribution in [2.75, 3.05) is 15.4 Å². The number of sulfonamides is 2. The van der Waals surface area contributed by atoms with Gasteiger partial charge in [0.05, 0.1) is 31.9 Å². The van der Waals surface area contributed by atoms with Crippen LogP contribution < -0.4 is 15.4 Å². The van der Waals surface area contributed by atoms with Gasteiger partial charge in [-0.05, 0) is 48.5 Å². The Balaban J connectivity index is 1.64. The molecule has 13 heteroatoms. The molecule has 1 aliphatic heterocycles. The van der Waals surface area contributed by atoms with Crippen LogP contribution in [0.1, 0.15) is 10.4 Å². The van der Waals surface area contributed by atoms with E-state index in [1.54, 1.807) is 18.2 Å². The maximum atomic E-state index is 13.0. The van der Waals surface area contributed by atoms with E-state index in [1.165, 1.54) is 36.4 Å². The van der Waals surface area contributed by atoms with Crippen LogP contribution in [-0.2, 0) is 20.0 Å². The monoisotopic (exact) mass is 524 g/mol. The van der Waals surface area contributed by atoms with Gasteiger partial charge in [0, 0.05) is 5.69 Å². The fraction of sp³-hybridized carbons (Fsp3) is 0. The van der Waals surface area contributed by atoms with Crippen LogP contribution >= 0.6 is 23.2 Å². The molecule has 3 aromatic carbocycles. The Labute approximate surface area is 199 Å². The van der Waals surface area contributed by atoms with E-state index in [2.05, 4.69) is 19.8 Å². The minimum Gasteiger partial charge on any atom is -0.345 e. The molecule has 170 valence electrons. The second-order valence-corrected chi connectivity index (χ2v) is 10.8. The van der Waals surface area contributed by atoms with Gasteiger partial charge in [-0.1, -0.05) is 35.3 Å². The Morgan fingerprint density at radius 1 is 0.970 bits per heavy atom. The van der Waals surface area contributed by atoms with E-state index in [4.69, 9.17) is 23.2 Å². The van der Waals surface area contributed by atoms with Gasteiger partial charge >= 0.3 is 0 Å². The Kier molecular flexibility index (Phi) is 6.06. The van der Waals surface area contributed by atoms with Crippen LogP contribution in [0.25, 0.3) is 0 Å². The summed E-state index contributed by atoms with van der Waals surface area (Å²) in [5.41, 5.74) is 0.584. The Hall–Kier alpha value is -3.12. The molecule has 3 N–H and O–H groups in total. The lowest BCUT2D eigenvalue weighted by atomic mass is 10.1. The molecule has 0 unspecified atom stereocenters. The average molecular weight is 525 g/mol. The van der Waals surface area contributed by atoms with Gasteiger partial charge in [-0.3, -0.25) is 9.52 Å². The summed E-state index contributed by atoms with van der Waals surface area (Å²) in [5.74, 6) is -0.599. The minimum atomic E-state index is -4.25. The molecule has 33 heavy (non-hydrogen) atoms. The molecule has 0 spiro atoms. The van der Waals surface area contributed by atoms with E-state index in [9.17, 15) is 21.6 Å². The van der Waals surface area contributed by atoms with Crippen LogP contribution in [0.3, 0.4) is 0 Å². The van der Waals surface area contributed by atoms with Crippen molar-refractivity contribution in [2.45, 2.75) is 9.79 Å². The molecular weight excluding hydrogens is 511 g/mol. The van der Waals surface area contributed by atoms with Crippen molar-refractivity contribution in [3.05, 3.63) is 76.3 Å². The Bertz CT molecular complexity index is 1520. The molecule has 0 saturated carbocycles. The first kappa shape index (κ1) is 23.1. The third kappa shape index (κ3) is 4.81. The molecule has 3 aromatic rings. The number of rotatable bonds is 5. The highest BCUT2D eigenvalue weighted by Gasteiger charge is 2.25. The number of halogens is 2. The molecule has 1 heterocycles. The van der Waals surface area contributed by atoms with Gasteiger partial charge in [-0.2, -0.15) is 8.42 Å². The number of benzene rings is 3. The molecule has 1 aliphatic rings. The van der Waals surface area contributed by atoms with Gasteiger partial charge in [0.15, 0.2) is 0 Å². The van der Waals surface area contributed by atoms with Gasteiger partial charge < -0.3 is 10.6 Å². The zero-order chi connectivity index (χ0) is 23.8. The van der Waals surface area contributed by atoms with Crippen LogP contribution in [-0.4, -0.2) is 29.1 Å². The third-order valence-electron chi connectivity index (χ3n) is 4.55. The summed E-state index contributed by atoms with van der Waals surface area (Å²) in [6, 6.07) is 14.0. The molecule has 0 radical (unpaired) electrons. The van der Waals surface area contributed by atoms with Crippen LogP contribution in [0.15, 0.2) is 74.9 Å². The number of anilines is 3. The molecule has 0 fully saturated rings. The number of carbonyl (C=O) groups is 1. The quantitative estimate of drug-likeness (QED) is 0.458. The number of hydrogen-bond donors (Lipinski definition) is 3. The van der Waals surface area contributed by atoms with Crippen LogP contribution in [0.2, 0.25) is 10.0 Å². The van der Waals surface area contributed by atoms with Crippen molar-refractivity contribution < 1.29 is 21.6 Å². The summed E-state index contributed by atoms with van der Waals surface area (Å²) in [5, 5.41) is 5.82. The third-order valence-corrected chi connectivity index (χ3v) is 7.93. The van der Waals surface area contributed by atoms with Gasteiger partial charge in [0.1, 0.15) is 11.2 Å². The maximum Gasteiger partial charge on any atom is 0.285 e. The molecule has 0 aromatic heterocycles. The van der Waals surface area contributed by atoms with E-state index >= 15 is 0 Å². The summed E-state index contributed by atoms with van der Waals surface area (Å²) < 4.78 is 56.0. The van der Waals surface area contributed by atoms with E-state index in [-0.39, 0.29) is 31.8 Å². The number of nitrogens with zero attached hydrogens (tertiary/aromatic N) is 1. The highest BCUT2D eigenvalue weighted by Crippen LogP contribution is 2.30. The zero-order valence-electron chi connectivity index (χ0n) is 16.4. The van der Waals surface area contributed by atoms with Crippen LogP contribution in [0.5, 0.6) is 0 Å². The van der Waals surface area contributed by atoms with Gasteiger partial charge in [-0.15, -0.1) is 4.40 Å². The molecule has 0 aliphatic carbocycles. The van der Waals surface area contributed by atoms with Crippen LogP contribution in [0, 0.1) is 0 Å². The summed E-state index contributed by atoms with van der Waals surface area (Å²) in [4.78, 5) is 12.2. The van der Waals surface area contributed by atoms with Crippen LogP contribution in [0.4, 0.5) is 17.1 Å². The predicted molar refractivity (Wildman–Crippen MR) is 127 cm³/mol. The molecule has 1 amide bonds. The van der Waals surface area contributed by atoms with Crippen molar-refractivity contribution >= 4 is 72.6 Å². The standard InChI is InChI=1S/C20H14Cl2N4O5S2/c21-15-7-5-12(9-16(15)22)25-20(27)14-3-1-2-4-17(14)26-32(28,29)13-6-8-18-19(10-13)33(30,31)24-11-23-18/h1-11,26H,(H,23,24)(H,25,27). The van der Waals surface area contributed by atoms with Crippen molar-refractivity contribution in [1.82, 2.24) is 0 Å². The lowest BCUT2D eigenvalue weighted by Gasteiger charge is -2.15. The van der Waals surface area contributed by atoms with Crippen molar-refractivity contribution in [1.29, 1.82) is 0 Å². The van der Waals surface area contributed by atoms with E-state index in [0.29, 0.717) is 10.7 Å². The Morgan fingerprint density at radius 2 is 1.73 bits per heavy atom. The average Bonchev–Trinajstić information content (AvgIpc) is 2.76. The van der Waals surface area contributed by atoms with E-state index < -0.39 is 26.0 Å². The molecule has 0 bridgehead atoms. The summed E-state index contributed by atoms with van der Waals surface area (Å²) in [6.45, 7) is 0. The fourth-order valence-corrected chi connectivity index (χ4v) is 5.43. The lowest BCUT2D eigenvalue weighted by molar-refractivity contribution is 0.102. The fourth-order valence-electron chi connectivity index (χ4n) is 2.97. The topological polar surface area (TPSA) is 134 Å². The largest absolute Gasteiger partial charge is 0.345 e. The van der Waals surface area contributed by atoms with Gasteiger partial charge in [0.25, 0.3) is 26.0 Å². The second-order valence-electron chi connectivity index (χ2n) is 6.75. The number of amides is 1. The first-order valence-electron chi connectivity index (χ1n) is 9.14. The van der Waals surface area contributed by atoms with E-state index in [1.807, 2.05) is 0 Å². The molecule has 9 nitrogen and oxygen atoms in total. The van der Waals surface area contributed by atoms with Crippen molar-refractivity contribution in [3.63, 3.8) is 0 Å². The highest BCUT2D eigenvalue weighted by atomic mass is 35.5. The van der Waals surface area contributed by atoms with Gasteiger partial charge in [0.2, 0.25) is 0 Å². The first-order valence-corrected chi connectivity index (χ1v) is 12.8. The maximum absolute atomic E-state index is 13.0. The molecule has 4 rings (SSSR count). The highest BCUT2D eigenvalue weighted by molar-refractivity contribution is 7.93. The van der Waals surface area contributed by atoms with Crippen molar-refractivity contribution in [3.8, 4) is 0 Å². The summed E-state index contributed by atoms with van der Waals surface area (Å²) in [7, 11) is -8.28. The number of para-hydroxylation sites is 1. The number of carbonyl (C=O) groups excluding carboxylic acids is 1. The second kappa shape index (κ2) is 8.67. The summed E-state index contributed by atoms with van der Waals surface area (Å²) >= 11 is 11.9. The van der Waals surface area contributed by atoms with Crippen molar-refractivity contribution in [2.24, 2.45) is 4.40 Å². The first-order chi connectivity index (χ1) is 15.6. The minimum absolute atomic E-state index is 0.00761.